The number of halogens is 3. The van der Waals surface area contributed by atoms with Crippen molar-refractivity contribution in [3.05, 3.63) is 30.1 Å². The zero-order valence-electron chi connectivity index (χ0n) is 12.3. The number of carbonyl (C=O) groups is 2. The third kappa shape index (κ3) is 3.02. The van der Waals surface area contributed by atoms with Gasteiger partial charge in [0.2, 0.25) is 0 Å². The van der Waals surface area contributed by atoms with Gasteiger partial charge < -0.3 is 5.32 Å². The van der Waals surface area contributed by atoms with Crippen LogP contribution >= 0.6 is 0 Å². The minimum atomic E-state index is -4.50. The highest BCUT2D eigenvalue weighted by Gasteiger charge is 2.49. The van der Waals surface area contributed by atoms with E-state index in [2.05, 4.69) is 10.3 Å². The van der Waals surface area contributed by atoms with E-state index in [-0.39, 0.29) is 6.54 Å². The molecule has 0 spiro atoms. The van der Waals surface area contributed by atoms with E-state index in [1.165, 1.54) is 0 Å². The fourth-order valence-corrected chi connectivity index (χ4v) is 3.17. The van der Waals surface area contributed by atoms with Crippen LogP contribution in [0.15, 0.2) is 24.4 Å². The summed E-state index contributed by atoms with van der Waals surface area (Å²) in [5.74, 6) is -0.811. The van der Waals surface area contributed by atoms with Gasteiger partial charge in [0.25, 0.3) is 5.91 Å². The van der Waals surface area contributed by atoms with Gasteiger partial charge in [0.1, 0.15) is 6.04 Å². The van der Waals surface area contributed by atoms with Crippen LogP contribution in [0.4, 0.5) is 18.0 Å². The highest BCUT2D eigenvalue weighted by atomic mass is 19.4. The Bertz CT molecular complexity index is 614. The van der Waals surface area contributed by atoms with Crippen molar-refractivity contribution in [3.8, 4) is 0 Å². The molecule has 1 aromatic rings. The molecule has 8 heteroatoms. The second-order valence-corrected chi connectivity index (χ2v) is 6.09. The Balaban J connectivity index is 1.77. The second kappa shape index (κ2) is 5.50. The van der Waals surface area contributed by atoms with Gasteiger partial charge in [-0.3, -0.25) is 14.7 Å². The summed E-state index contributed by atoms with van der Waals surface area (Å²) < 4.78 is 37.4. The summed E-state index contributed by atoms with van der Waals surface area (Å²) in [7, 11) is 0. The number of urea groups is 1. The van der Waals surface area contributed by atoms with Gasteiger partial charge in [0.15, 0.2) is 0 Å². The Kier molecular flexibility index (Phi) is 3.77. The summed E-state index contributed by atoms with van der Waals surface area (Å²) in [6.07, 6.45) is -1.76. The number of alkyl halides is 3. The molecule has 1 aliphatic carbocycles. The number of imide groups is 1. The fraction of sp³-hybridized carbons (Fsp3) is 0.533. The third-order valence-corrected chi connectivity index (χ3v) is 4.52. The molecule has 5 nitrogen and oxygen atoms in total. The first kappa shape index (κ1) is 15.8. The van der Waals surface area contributed by atoms with E-state index in [1.54, 1.807) is 12.3 Å². The quantitative estimate of drug-likeness (QED) is 0.864. The van der Waals surface area contributed by atoms with Crippen molar-refractivity contribution in [2.75, 3.05) is 6.54 Å². The van der Waals surface area contributed by atoms with Crippen molar-refractivity contribution in [3.63, 3.8) is 0 Å². The maximum Gasteiger partial charge on any atom is 0.391 e. The van der Waals surface area contributed by atoms with Gasteiger partial charge >= 0.3 is 12.2 Å². The average Bonchev–Trinajstić information content (AvgIpc) is 2.68. The summed E-state index contributed by atoms with van der Waals surface area (Å²) in [6.45, 7) is 0.0725. The van der Waals surface area contributed by atoms with Gasteiger partial charge in [-0.05, 0) is 25.0 Å². The predicted molar refractivity (Wildman–Crippen MR) is 74.5 cm³/mol. The van der Waals surface area contributed by atoms with Crippen LogP contribution in [0.25, 0.3) is 0 Å². The summed E-state index contributed by atoms with van der Waals surface area (Å²) >= 11 is 0. The Labute approximate surface area is 130 Å². The molecule has 1 aliphatic heterocycles. The van der Waals surface area contributed by atoms with Crippen LogP contribution in [0.2, 0.25) is 0 Å². The first-order valence-electron chi connectivity index (χ1n) is 7.41. The van der Waals surface area contributed by atoms with Crippen molar-refractivity contribution in [1.82, 2.24) is 15.2 Å². The van der Waals surface area contributed by atoms with Crippen molar-refractivity contribution >= 4 is 11.9 Å². The van der Waals surface area contributed by atoms with Crippen molar-refractivity contribution in [1.29, 1.82) is 0 Å². The normalized spacial score (nSPS) is 23.6. The average molecular weight is 327 g/mol. The van der Waals surface area contributed by atoms with Crippen LogP contribution in [0.1, 0.15) is 31.4 Å². The Morgan fingerprint density at radius 2 is 2.04 bits per heavy atom. The lowest BCUT2D eigenvalue weighted by atomic mass is 9.66. The molecule has 1 saturated carbocycles. The number of pyridine rings is 1. The van der Waals surface area contributed by atoms with Gasteiger partial charge in [-0.2, -0.15) is 13.2 Å². The van der Waals surface area contributed by atoms with Gasteiger partial charge in [0.05, 0.1) is 6.42 Å². The van der Waals surface area contributed by atoms with Crippen LogP contribution < -0.4 is 5.32 Å². The molecule has 0 aromatic carbocycles. The minimum Gasteiger partial charge on any atom is -0.325 e. The minimum absolute atomic E-state index is 0.0725. The Hall–Kier alpha value is -2.12. The summed E-state index contributed by atoms with van der Waals surface area (Å²) in [4.78, 5) is 29.3. The molecule has 0 radical (unpaired) electrons. The number of aromatic nitrogens is 1. The number of nitrogens with zero attached hydrogens (tertiary/aromatic N) is 2. The highest BCUT2D eigenvalue weighted by molar-refractivity contribution is 6.04. The van der Waals surface area contributed by atoms with Crippen LogP contribution in [0.3, 0.4) is 0 Å². The van der Waals surface area contributed by atoms with E-state index in [1.807, 2.05) is 12.1 Å². The van der Waals surface area contributed by atoms with Crippen LogP contribution in [0.5, 0.6) is 0 Å². The molecule has 2 fully saturated rings. The van der Waals surface area contributed by atoms with E-state index < -0.39 is 36.0 Å². The SMILES string of the molecule is O=C1NC(CC(F)(F)F)C(=O)N1CC1(c2ccccn2)CCC1. The number of hydrogen-bond acceptors (Lipinski definition) is 3. The predicted octanol–water partition coefficient (Wildman–Crippen LogP) is 2.38. The van der Waals surface area contributed by atoms with E-state index in [4.69, 9.17) is 0 Å². The lowest BCUT2D eigenvalue weighted by Crippen LogP contribution is -2.48. The Morgan fingerprint density at radius 1 is 1.30 bits per heavy atom. The maximum absolute atomic E-state index is 12.5. The number of carbonyl (C=O) groups excluding carboxylic acids is 2. The molecule has 1 saturated heterocycles. The molecule has 124 valence electrons. The van der Waals surface area contributed by atoms with Crippen LogP contribution in [-0.2, 0) is 10.2 Å². The zero-order valence-corrected chi connectivity index (χ0v) is 12.3. The van der Waals surface area contributed by atoms with Crippen molar-refractivity contribution in [2.24, 2.45) is 0 Å². The van der Waals surface area contributed by atoms with E-state index >= 15 is 0 Å². The summed E-state index contributed by atoms with van der Waals surface area (Å²) in [5, 5.41) is 2.13. The van der Waals surface area contributed by atoms with Crippen molar-refractivity contribution in [2.45, 2.75) is 43.3 Å². The summed E-state index contributed by atoms with van der Waals surface area (Å²) in [5.41, 5.74) is 0.326. The van der Waals surface area contributed by atoms with E-state index in [9.17, 15) is 22.8 Å². The molecular formula is C15H16F3N3O2. The molecule has 0 bridgehead atoms. The first-order chi connectivity index (χ1) is 10.8. The van der Waals surface area contributed by atoms with Gasteiger partial charge in [-0.1, -0.05) is 12.5 Å². The van der Waals surface area contributed by atoms with Crippen LogP contribution in [-0.4, -0.2) is 40.6 Å². The third-order valence-electron chi connectivity index (χ3n) is 4.52. The molecule has 1 N–H and O–H groups in total. The lowest BCUT2D eigenvalue weighted by molar-refractivity contribution is -0.149. The molecule has 2 heterocycles. The van der Waals surface area contributed by atoms with Gasteiger partial charge in [-0.15, -0.1) is 0 Å². The monoisotopic (exact) mass is 327 g/mol. The zero-order chi connectivity index (χ0) is 16.7. The van der Waals surface area contributed by atoms with Gasteiger partial charge in [-0.25, -0.2) is 4.79 Å². The molecule has 1 atom stereocenters. The molecule has 1 aromatic heterocycles. The first-order valence-corrected chi connectivity index (χ1v) is 7.41. The molecular weight excluding hydrogens is 311 g/mol. The van der Waals surface area contributed by atoms with E-state index in [0.717, 1.165) is 29.9 Å². The van der Waals surface area contributed by atoms with E-state index in [0.29, 0.717) is 0 Å². The highest BCUT2D eigenvalue weighted by Crippen LogP contribution is 2.44. The number of hydrogen-bond donors (Lipinski definition) is 1. The molecule has 3 rings (SSSR count). The molecule has 1 unspecified atom stereocenters. The second-order valence-electron chi connectivity index (χ2n) is 6.09. The molecule has 3 amide bonds. The van der Waals surface area contributed by atoms with Crippen molar-refractivity contribution < 1.29 is 22.8 Å². The molecule has 23 heavy (non-hydrogen) atoms. The summed E-state index contributed by atoms with van der Waals surface area (Å²) in [6, 6.07) is 3.13. The maximum atomic E-state index is 12.5. The number of rotatable bonds is 4. The van der Waals surface area contributed by atoms with Gasteiger partial charge in [0, 0.05) is 23.9 Å². The lowest BCUT2D eigenvalue weighted by Gasteiger charge is -2.43. The topological polar surface area (TPSA) is 62.3 Å². The number of amides is 3. The Morgan fingerprint density at radius 3 is 2.57 bits per heavy atom. The standard InChI is InChI=1S/C15H16F3N3O2/c16-15(17,18)8-10-12(22)21(13(23)20-10)9-14(5-3-6-14)11-4-1-2-7-19-11/h1-2,4,7,10H,3,5-6,8-9H2,(H,20,23). The van der Waals surface area contributed by atoms with Crippen LogP contribution in [0, 0.1) is 0 Å². The molecule has 2 aliphatic rings. The largest absolute Gasteiger partial charge is 0.391 e. The number of nitrogens with one attached hydrogen (secondary N) is 1. The smallest absolute Gasteiger partial charge is 0.325 e. The fourth-order valence-electron chi connectivity index (χ4n) is 3.17.